The van der Waals surface area contributed by atoms with E-state index in [-0.39, 0.29) is 0 Å². The van der Waals surface area contributed by atoms with E-state index in [9.17, 15) is 0 Å². The molecule has 88 valence electrons. The molecule has 0 aromatic carbocycles. The Morgan fingerprint density at radius 3 is 3.00 bits per heavy atom. The molecule has 1 fully saturated rings. The quantitative estimate of drug-likeness (QED) is 0.857. The van der Waals surface area contributed by atoms with Gasteiger partial charge in [0.25, 0.3) is 0 Å². The van der Waals surface area contributed by atoms with Crippen LogP contribution in [0.3, 0.4) is 0 Å². The Labute approximate surface area is 99.9 Å². The Morgan fingerprint density at radius 2 is 2.24 bits per heavy atom. The Balaban J connectivity index is 1.81. The largest absolute Gasteiger partial charge is 0.312 e. The third-order valence-electron chi connectivity index (χ3n) is 3.12. The maximum Gasteiger partial charge on any atom is 0.150 e. The number of nitrogens with zero attached hydrogens (tertiary/aromatic N) is 4. The zero-order valence-corrected chi connectivity index (χ0v) is 9.58. The number of hydrogen-bond donors (Lipinski definition) is 1. The van der Waals surface area contributed by atoms with E-state index in [2.05, 4.69) is 25.1 Å². The van der Waals surface area contributed by atoms with Crippen molar-refractivity contribution >= 4 is 0 Å². The number of pyridine rings is 1. The summed E-state index contributed by atoms with van der Waals surface area (Å²) in [5, 5.41) is 11.7. The Kier molecular flexibility index (Phi) is 2.83. The maximum atomic E-state index is 4.23. The van der Waals surface area contributed by atoms with E-state index in [1.54, 1.807) is 6.33 Å². The van der Waals surface area contributed by atoms with Gasteiger partial charge in [0.1, 0.15) is 12.2 Å². The van der Waals surface area contributed by atoms with Gasteiger partial charge in [0.15, 0.2) is 0 Å². The van der Waals surface area contributed by atoms with Gasteiger partial charge in [-0.05, 0) is 37.1 Å². The molecule has 3 rings (SSSR count). The molecule has 5 nitrogen and oxygen atoms in total. The van der Waals surface area contributed by atoms with Gasteiger partial charge >= 0.3 is 0 Å². The van der Waals surface area contributed by atoms with Crippen LogP contribution in [-0.2, 0) is 6.54 Å². The van der Waals surface area contributed by atoms with Crippen LogP contribution in [0.25, 0.3) is 0 Å². The summed E-state index contributed by atoms with van der Waals surface area (Å²) < 4.78 is 2.11. The molecule has 0 bridgehead atoms. The fraction of sp³-hybridized carbons (Fsp3) is 0.417. The van der Waals surface area contributed by atoms with Crippen molar-refractivity contribution in [2.75, 3.05) is 6.54 Å². The van der Waals surface area contributed by atoms with Gasteiger partial charge < -0.3 is 9.88 Å². The van der Waals surface area contributed by atoms with Crippen molar-refractivity contribution in [1.29, 1.82) is 0 Å². The van der Waals surface area contributed by atoms with Crippen molar-refractivity contribution in [3.8, 4) is 0 Å². The first-order valence-electron chi connectivity index (χ1n) is 5.93. The molecule has 0 radical (unpaired) electrons. The normalized spacial score (nSPS) is 19.6. The van der Waals surface area contributed by atoms with E-state index in [1.807, 2.05) is 24.5 Å². The molecular formula is C12H15N5. The van der Waals surface area contributed by atoms with Gasteiger partial charge in [0, 0.05) is 12.4 Å². The summed E-state index contributed by atoms with van der Waals surface area (Å²) in [6, 6.07) is 4.40. The highest BCUT2D eigenvalue weighted by Gasteiger charge is 2.21. The lowest BCUT2D eigenvalue weighted by Gasteiger charge is -2.11. The van der Waals surface area contributed by atoms with Crippen molar-refractivity contribution in [3.05, 3.63) is 42.2 Å². The van der Waals surface area contributed by atoms with Gasteiger partial charge in [-0.25, -0.2) is 0 Å². The number of nitrogens with one attached hydrogen (secondary N) is 1. The SMILES string of the molecule is c1cc(Cn2cnnc2C2CCCN2)ccn1. The average Bonchev–Trinajstić information content (AvgIpc) is 3.00. The van der Waals surface area contributed by atoms with Crippen molar-refractivity contribution in [3.63, 3.8) is 0 Å². The van der Waals surface area contributed by atoms with Gasteiger partial charge in [-0.2, -0.15) is 0 Å². The van der Waals surface area contributed by atoms with Crippen molar-refractivity contribution in [2.45, 2.75) is 25.4 Å². The summed E-state index contributed by atoms with van der Waals surface area (Å²) in [4.78, 5) is 4.02. The summed E-state index contributed by atoms with van der Waals surface area (Å²) in [6.45, 7) is 1.88. The monoisotopic (exact) mass is 229 g/mol. The number of aromatic nitrogens is 4. The number of hydrogen-bond acceptors (Lipinski definition) is 4. The molecule has 0 saturated carbocycles. The standard InChI is InChI=1S/C12H15N5/c1-2-11(14-5-1)12-16-15-9-17(12)8-10-3-6-13-7-4-10/h3-4,6-7,9,11,14H,1-2,5,8H2. The molecule has 5 heteroatoms. The minimum atomic E-state index is 0.360. The van der Waals surface area contributed by atoms with Gasteiger partial charge in [-0.15, -0.1) is 10.2 Å². The molecule has 1 saturated heterocycles. The molecule has 2 aromatic heterocycles. The molecule has 2 aromatic rings. The second kappa shape index (κ2) is 4.63. The van der Waals surface area contributed by atoms with Crippen LogP contribution in [0.15, 0.2) is 30.9 Å². The predicted molar refractivity (Wildman–Crippen MR) is 63.3 cm³/mol. The molecule has 1 aliphatic heterocycles. The van der Waals surface area contributed by atoms with Gasteiger partial charge in [-0.1, -0.05) is 0 Å². The molecule has 0 amide bonds. The van der Waals surface area contributed by atoms with Crippen LogP contribution in [0.2, 0.25) is 0 Å². The Bertz CT molecular complexity index is 473. The van der Waals surface area contributed by atoms with E-state index < -0.39 is 0 Å². The average molecular weight is 229 g/mol. The van der Waals surface area contributed by atoms with Crippen LogP contribution in [0.1, 0.15) is 30.3 Å². The first-order chi connectivity index (χ1) is 8.43. The van der Waals surface area contributed by atoms with Crippen molar-refractivity contribution in [1.82, 2.24) is 25.1 Å². The second-order valence-corrected chi connectivity index (χ2v) is 4.32. The van der Waals surface area contributed by atoms with Crippen molar-refractivity contribution in [2.24, 2.45) is 0 Å². The molecule has 0 spiro atoms. The fourth-order valence-electron chi connectivity index (χ4n) is 2.25. The minimum absolute atomic E-state index is 0.360. The lowest BCUT2D eigenvalue weighted by atomic mass is 10.2. The lowest BCUT2D eigenvalue weighted by molar-refractivity contribution is 0.564. The summed E-state index contributed by atoms with van der Waals surface area (Å²) >= 11 is 0. The molecular weight excluding hydrogens is 214 g/mol. The third kappa shape index (κ3) is 2.19. The van der Waals surface area contributed by atoms with Crippen LogP contribution >= 0.6 is 0 Å². The van der Waals surface area contributed by atoms with Gasteiger partial charge in [-0.3, -0.25) is 4.98 Å². The third-order valence-corrected chi connectivity index (χ3v) is 3.12. The Hall–Kier alpha value is -1.75. The molecule has 17 heavy (non-hydrogen) atoms. The minimum Gasteiger partial charge on any atom is -0.312 e. The second-order valence-electron chi connectivity index (χ2n) is 4.32. The first-order valence-corrected chi connectivity index (χ1v) is 5.93. The maximum absolute atomic E-state index is 4.23. The van der Waals surface area contributed by atoms with Crippen LogP contribution < -0.4 is 5.32 Å². The zero-order valence-electron chi connectivity index (χ0n) is 9.58. The van der Waals surface area contributed by atoms with Crippen LogP contribution in [-0.4, -0.2) is 26.3 Å². The molecule has 1 atom stereocenters. The smallest absolute Gasteiger partial charge is 0.150 e. The van der Waals surface area contributed by atoms with Gasteiger partial charge in [0.05, 0.1) is 12.6 Å². The van der Waals surface area contributed by atoms with E-state index in [0.717, 1.165) is 25.3 Å². The fourth-order valence-corrected chi connectivity index (χ4v) is 2.25. The van der Waals surface area contributed by atoms with Crippen LogP contribution in [0.5, 0.6) is 0 Å². The van der Waals surface area contributed by atoms with E-state index >= 15 is 0 Å². The number of rotatable bonds is 3. The van der Waals surface area contributed by atoms with E-state index in [4.69, 9.17) is 0 Å². The van der Waals surface area contributed by atoms with Crippen LogP contribution in [0, 0.1) is 0 Å². The molecule has 3 heterocycles. The van der Waals surface area contributed by atoms with Crippen molar-refractivity contribution < 1.29 is 0 Å². The summed E-state index contributed by atoms with van der Waals surface area (Å²) in [5.41, 5.74) is 1.22. The van der Waals surface area contributed by atoms with E-state index in [0.29, 0.717) is 6.04 Å². The lowest BCUT2D eigenvalue weighted by Crippen LogP contribution is -2.18. The highest BCUT2D eigenvalue weighted by atomic mass is 15.3. The molecule has 1 N–H and O–H groups in total. The van der Waals surface area contributed by atoms with E-state index in [1.165, 1.54) is 12.0 Å². The Morgan fingerprint density at radius 1 is 1.35 bits per heavy atom. The first kappa shape index (κ1) is 10.4. The molecule has 1 aliphatic rings. The summed E-state index contributed by atoms with van der Waals surface area (Å²) in [7, 11) is 0. The zero-order chi connectivity index (χ0) is 11.5. The molecule has 1 unspecified atom stereocenters. The molecule has 0 aliphatic carbocycles. The van der Waals surface area contributed by atoms with Gasteiger partial charge in [0.2, 0.25) is 0 Å². The summed E-state index contributed by atoms with van der Waals surface area (Å²) in [6.07, 6.45) is 7.79. The highest BCUT2D eigenvalue weighted by Crippen LogP contribution is 2.21. The predicted octanol–water partition coefficient (Wildman–Crippen LogP) is 1.15. The highest BCUT2D eigenvalue weighted by molar-refractivity contribution is 5.11. The topological polar surface area (TPSA) is 55.6 Å². The summed E-state index contributed by atoms with van der Waals surface area (Å²) in [5.74, 6) is 1.04. The van der Waals surface area contributed by atoms with Crippen LogP contribution in [0.4, 0.5) is 0 Å².